The molecule has 0 aliphatic carbocycles. The van der Waals surface area contributed by atoms with E-state index in [-0.39, 0.29) is 11.9 Å². The van der Waals surface area contributed by atoms with Gasteiger partial charge in [0.2, 0.25) is 0 Å². The van der Waals surface area contributed by atoms with Gasteiger partial charge in [-0.1, -0.05) is 37.3 Å². The summed E-state index contributed by atoms with van der Waals surface area (Å²) in [5.74, 6) is 0.199. The Morgan fingerprint density at radius 1 is 1.10 bits per heavy atom. The van der Waals surface area contributed by atoms with Gasteiger partial charge in [-0.3, -0.25) is 0 Å². The highest BCUT2D eigenvalue weighted by molar-refractivity contribution is 5.36. The fraction of sp³-hybridized carbons (Fsp3) is 0.294. The molecule has 0 aliphatic rings. The SMILES string of the molecule is CCc1ccc(COc2cc(F)ccc2[C@@H](C)N)cc1. The number of aryl methyl sites for hydroxylation is 1. The van der Waals surface area contributed by atoms with Gasteiger partial charge in [-0.15, -0.1) is 0 Å². The van der Waals surface area contributed by atoms with Crippen molar-refractivity contribution in [2.45, 2.75) is 32.9 Å². The Kier molecular flexibility index (Phi) is 4.74. The predicted octanol–water partition coefficient (Wildman–Crippen LogP) is 3.99. The molecular formula is C17H20FNO. The minimum absolute atomic E-state index is 0.187. The zero-order chi connectivity index (χ0) is 14.5. The summed E-state index contributed by atoms with van der Waals surface area (Å²) in [6.07, 6.45) is 1.01. The van der Waals surface area contributed by atoms with Crippen LogP contribution in [-0.2, 0) is 13.0 Å². The van der Waals surface area contributed by atoms with E-state index >= 15 is 0 Å². The molecular weight excluding hydrogens is 253 g/mol. The quantitative estimate of drug-likeness (QED) is 0.894. The van der Waals surface area contributed by atoms with Gasteiger partial charge in [0.15, 0.2) is 0 Å². The maximum absolute atomic E-state index is 13.3. The van der Waals surface area contributed by atoms with Crippen LogP contribution in [-0.4, -0.2) is 0 Å². The fourth-order valence-corrected chi connectivity index (χ4v) is 2.04. The first-order chi connectivity index (χ1) is 9.60. The zero-order valence-corrected chi connectivity index (χ0v) is 11.9. The Bertz CT molecular complexity index is 564. The van der Waals surface area contributed by atoms with Crippen LogP contribution in [0.2, 0.25) is 0 Å². The molecule has 2 aromatic rings. The highest BCUT2D eigenvalue weighted by Gasteiger charge is 2.09. The van der Waals surface area contributed by atoms with Crippen LogP contribution in [0.4, 0.5) is 4.39 Å². The van der Waals surface area contributed by atoms with Crippen LogP contribution in [0, 0.1) is 5.82 Å². The van der Waals surface area contributed by atoms with E-state index in [1.165, 1.54) is 17.7 Å². The van der Waals surface area contributed by atoms with E-state index in [0.717, 1.165) is 17.5 Å². The Hall–Kier alpha value is -1.87. The third-order valence-electron chi connectivity index (χ3n) is 3.29. The summed E-state index contributed by atoms with van der Waals surface area (Å²) in [5, 5.41) is 0. The number of rotatable bonds is 5. The number of hydrogen-bond acceptors (Lipinski definition) is 2. The first-order valence-corrected chi connectivity index (χ1v) is 6.85. The molecule has 2 rings (SSSR count). The summed E-state index contributed by atoms with van der Waals surface area (Å²) < 4.78 is 19.0. The molecule has 3 heteroatoms. The molecule has 0 aromatic heterocycles. The zero-order valence-electron chi connectivity index (χ0n) is 11.9. The van der Waals surface area contributed by atoms with E-state index in [1.54, 1.807) is 6.07 Å². The minimum Gasteiger partial charge on any atom is -0.488 e. The van der Waals surface area contributed by atoms with Gasteiger partial charge in [0.05, 0.1) is 0 Å². The van der Waals surface area contributed by atoms with Gasteiger partial charge >= 0.3 is 0 Å². The average Bonchev–Trinajstić information content (AvgIpc) is 2.45. The Morgan fingerprint density at radius 3 is 2.35 bits per heavy atom. The van der Waals surface area contributed by atoms with Gasteiger partial charge < -0.3 is 10.5 Å². The smallest absolute Gasteiger partial charge is 0.127 e. The molecule has 0 aliphatic heterocycles. The van der Waals surface area contributed by atoms with E-state index in [0.29, 0.717) is 12.4 Å². The van der Waals surface area contributed by atoms with Crippen molar-refractivity contribution in [1.82, 2.24) is 0 Å². The van der Waals surface area contributed by atoms with E-state index in [9.17, 15) is 4.39 Å². The lowest BCUT2D eigenvalue weighted by Gasteiger charge is -2.14. The predicted molar refractivity (Wildman–Crippen MR) is 79.2 cm³/mol. The highest BCUT2D eigenvalue weighted by Crippen LogP contribution is 2.25. The van der Waals surface area contributed by atoms with Crippen LogP contribution in [0.15, 0.2) is 42.5 Å². The van der Waals surface area contributed by atoms with Crippen LogP contribution < -0.4 is 10.5 Å². The van der Waals surface area contributed by atoms with Gasteiger partial charge in [-0.2, -0.15) is 0 Å². The Balaban J connectivity index is 2.11. The number of nitrogens with two attached hydrogens (primary N) is 1. The highest BCUT2D eigenvalue weighted by atomic mass is 19.1. The van der Waals surface area contributed by atoms with E-state index in [1.807, 2.05) is 19.1 Å². The topological polar surface area (TPSA) is 35.2 Å². The van der Waals surface area contributed by atoms with Crippen molar-refractivity contribution in [3.05, 3.63) is 65.0 Å². The maximum atomic E-state index is 13.3. The number of benzene rings is 2. The lowest BCUT2D eigenvalue weighted by molar-refractivity contribution is 0.300. The van der Waals surface area contributed by atoms with Gasteiger partial charge in [0.1, 0.15) is 18.2 Å². The molecule has 2 aromatic carbocycles. The summed E-state index contributed by atoms with van der Waals surface area (Å²) in [6.45, 7) is 4.39. The molecule has 106 valence electrons. The standard InChI is InChI=1S/C17H20FNO/c1-3-13-4-6-14(7-5-13)11-20-17-10-15(18)8-9-16(17)12(2)19/h4-10,12H,3,11,19H2,1-2H3/t12-/m1/s1. The molecule has 1 atom stereocenters. The molecule has 2 nitrogen and oxygen atoms in total. The molecule has 20 heavy (non-hydrogen) atoms. The summed E-state index contributed by atoms with van der Waals surface area (Å²) >= 11 is 0. The minimum atomic E-state index is -0.314. The molecule has 2 N–H and O–H groups in total. The van der Waals surface area contributed by atoms with Gasteiger partial charge in [0.25, 0.3) is 0 Å². The second-order valence-electron chi connectivity index (χ2n) is 4.93. The van der Waals surface area contributed by atoms with Gasteiger partial charge in [0, 0.05) is 17.7 Å². The van der Waals surface area contributed by atoms with Crippen molar-refractivity contribution in [1.29, 1.82) is 0 Å². The average molecular weight is 273 g/mol. The fourth-order valence-electron chi connectivity index (χ4n) is 2.04. The second-order valence-corrected chi connectivity index (χ2v) is 4.93. The second kappa shape index (κ2) is 6.53. The lowest BCUT2D eigenvalue weighted by Crippen LogP contribution is -2.08. The van der Waals surface area contributed by atoms with Crippen molar-refractivity contribution < 1.29 is 9.13 Å². The first kappa shape index (κ1) is 14.5. The lowest BCUT2D eigenvalue weighted by atomic mass is 10.1. The number of ether oxygens (including phenoxy) is 1. The van der Waals surface area contributed by atoms with E-state index < -0.39 is 0 Å². The summed E-state index contributed by atoms with van der Waals surface area (Å²) in [5.41, 5.74) is 9.03. The van der Waals surface area contributed by atoms with Gasteiger partial charge in [-0.25, -0.2) is 4.39 Å². The largest absolute Gasteiger partial charge is 0.488 e. The van der Waals surface area contributed by atoms with Crippen molar-refractivity contribution in [2.24, 2.45) is 5.73 Å². The third kappa shape index (κ3) is 3.58. The summed E-state index contributed by atoms with van der Waals surface area (Å²) in [7, 11) is 0. The first-order valence-electron chi connectivity index (χ1n) is 6.85. The van der Waals surface area contributed by atoms with Crippen LogP contribution in [0.5, 0.6) is 5.75 Å². The van der Waals surface area contributed by atoms with Gasteiger partial charge in [-0.05, 0) is 30.5 Å². The molecule has 0 spiro atoms. The third-order valence-corrected chi connectivity index (χ3v) is 3.29. The van der Waals surface area contributed by atoms with Crippen molar-refractivity contribution in [3.8, 4) is 5.75 Å². The Labute approximate surface area is 119 Å². The maximum Gasteiger partial charge on any atom is 0.127 e. The molecule has 0 saturated heterocycles. The number of halogens is 1. The Morgan fingerprint density at radius 2 is 1.75 bits per heavy atom. The van der Waals surface area contributed by atoms with Crippen molar-refractivity contribution >= 4 is 0 Å². The summed E-state index contributed by atoms with van der Waals surface area (Å²) in [6, 6.07) is 12.5. The van der Waals surface area contributed by atoms with Crippen LogP contribution in [0.1, 0.15) is 36.6 Å². The van der Waals surface area contributed by atoms with E-state index in [2.05, 4.69) is 19.1 Å². The molecule has 0 bridgehead atoms. The molecule has 0 saturated carbocycles. The molecule has 0 fully saturated rings. The van der Waals surface area contributed by atoms with Crippen LogP contribution in [0.25, 0.3) is 0 Å². The van der Waals surface area contributed by atoms with E-state index in [4.69, 9.17) is 10.5 Å². The number of hydrogen-bond donors (Lipinski definition) is 1. The van der Waals surface area contributed by atoms with Crippen LogP contribution in [0.3, 0.4) is 0 Å². The van der Waals surface area contributed by atoms with Crippen molar-refractivity contribution in [2.75, 3.05) is 0 Å². The van der Waals surface area contributed by atoms with Crippen LogP contribution >= 0.6 is 0 Å². The monoisotopic (exact) mass is 273 g/mol. The molecule has 0 heterocycles. The van der Waals surface area contributed by atoms with Crippen molar-refractivity contribution in [3.63, 3.8) is 0 Å². The normalized spacial score (nSPS) is 12.2. The molecule has 0 radical (unpaired) electrons. The summed E-state index contributed by atoms with van der Waals surface area (Å²) in [4.78, 5) is 0. The molecule has 0 unspecified atom stereocenters. The molecule has 0 amide bonds.